The van der Waals surface area contributed by atoms with Crippen LogP contribution in [0.1, 0.15) is 42.9 Å². The monoisotopic (exact) mass is 578 g/mol. The molecule has 37 heavy (non-hydrogen) atoms. The van der Waals surface area contributed by atoms with Gasteiger partial charge in [-0.05, 0) is 82.0 Å². The lowest BCUT2D eigenvalue weighted by Crippen LogP contribution is -2.44. The van der Waals surface area contributed by atoms with Crippen LogP contribution < -0.4 is 26.2 Å². The van der Waals surface area contributed by atoms with Crippen LogP contribution in [0, 0.1) is 0 Å². The van der Waals surface area contributed by atoms with Crippen molar-refractivity contribution < 1.29 is 9.53 Å². The number of hydrazine groups is 1. The maximum Gasteiger partial charge on any atom is 0.238 e. The Balaban J connectivity index is 1.59. The Morgan fingerprint density at radius 2 is 1.86 bits per heavy atom. The first kappa shape index (κ1) is 25.7. The molecule has 0 radical (unpaired) electrons. The molecule has 0 atom stereocenters. The number of thioether (sulfide) groups is 1. The second kappa shape index (κ2) is 10.8. The van der Waals surface area contributed by atoms with Crippen molar-refractivity contribution in [3.05, 3.63) is 92.9 Å². The third-order valence-corrected chi connectivity index (χ3v) is 8.69. The van der Waals surface area contributed by atoms with Crippen molar-refractivity contribution in [3.8, 4) is 5.75 Å². The van der Waals surface area contributed by atoms with Gasteiger partial charge in [0.2, 0.25) is 5.91 Å². The van der Waals surface area contributed by atoms with Gasteiger partial charge < -0.3 is 20.4 Å². The summed E-state index contributed by atoms with van der Waals surface area (Å²) in [6.45, 7) is 2.61. The number of halogens is 1. The van der Waals surface area contributed by atoms with Gasteiger partial charge in [0, 0.05) is 15.7 Å². The second-order valence-electron chi connectivity index (χ2n) is 9.30. The van der Waals surface area contributed by atoms with Gasteiger partial charge in [0.25, 0.3) is 0 Å². The van der Waals surface area contributed by atoms with Crippen molar-refractivity contribution in [1.82, 2.24) is 5.43 Å². The number of hydrogen-bond donors (Lipinski definition) is 3. The van der Waals surface area contributed by atoms with Crippen LogP contribution in [0.2, 0.25) is 0 Å². The molecule has 4 N–H and O–H groups in total. The number of carbonyl (C=O) groups excluding carboxylic acids is 1. The zero-order valence-electron chi connectivity index (χ0n) is 21.0. The number of ether oxygens (including phenoxy) is 1. The predicted octanol–water partition coefficient (Wildman–Crippen LogP) is 6.38. The number of anilines is 2. The van der Waals surface area contributed by atoms with Crippen LogP contribution >= 0.6 is 27.7 Å². The summed E-state index contributed by atoms with van der Waals surface area (Å²) >= 11 is 5.49. The molecule has 1 amide bonds. The van der Waals surface area contributed by atoms with E-state index in [0.29, 0.717) is 6.54 Å². The molecule has 192 valence electrons. The highest BCUT2D eigenvalue weighted by atomic mass is 79.9. The van der Waals surface area contributed by atoms with Gasteiger partial charge in [-0.2, -0.15) is 0 Å². The van der Waals surface area contributed by atoms with Crippen molar-refractivity contribution in [3.63, 3.8) is 0 Å². The summed E-state index contributed by atoms with van der Waals surface area (Å²) in [5.41, 5.74) is 8.38. The average Bonchev–Trinajstić information content (AvgIpc) is 3.15. The van der Waals surface area contributed by atoms with Crippen molar-refractivity contribution >= 4 is 50.7 Å². The smallest absolute Gasteiger partial charge is 0.238 e. The number of nitrogens with one attached hydrogen (secondary N) is 2. The summed E-state index contributed by atoms with van der Waals surface area (Å²) in [6.07, 6.45) is 2.78. The van der Waals surface area contributed by atoms with Crippen LogP contribution in [0.3, 0.4) is 0 Å². The number of hydrogen-bond acceptors (Lipinski definition) is 6. The summed E-state index contributed by atoms with van der Waals surface area (Å²) in [5, 5.41) is 4.42. The lowest BCUT2D eigenvalue weighted by atomic mass is 9.65. The highest BCUT2D eigenvalue weighted by molar-refractivity contribution is 9.10. The predicted molar refractivity (Wildman–Crippen MR) is 156 cm³/mol. The van der Waals surface area contributed by atoms with E-state index in [1.165, 1.54) is 0 Å². The molecule has 3 aromatic rings. The summed E-state index contributed by atoms with van der Waals surface area (Å²) in [5.74, 6) is 7.84. The molecule has 1 fully saturated rings. The summed E-state index contributed by atoms with van der Waals surface area (Å²) in [7, 11) is 1.66. The Bertz CT molecular complexity index is 1320. The van der Waals surface area contributed by atoms with E-state index in [1.807, 2.05) is 59.5 Å². The SMILES string of the molecule is CCS/C(NN)=C(/Nc1ccccc1)c1cc(Br)c2c(c1)C1(CCC1)C(=O)N2Cc1ccc(OC)cc1. The molecular weight excluding hydrogens is 548 g/mol. The third kappa shape index (κ3) is 4.74. The van der Waals surface area contributed by atoms with Gasteiger partial charge in [0.15, 0.2) is 0 Å². The first-order chi connectivity index (χ1) is 18.0. The minimum atomic E-state index is -0.466. The van der Waals surface area contributed by atoms with Crippen LogP contribution in [-0.4, -0.2) is 18.8 Å². The van der Waals surface area contributed by atoms with E-state index in [9.17, 15) is 4.79 Å². The number of amides is 1. The van der Waals surface area contributed by atoms with Crippen molar-refractivity contribution in [2.75, 3.05) is 23.1 Å². The molecule has 1 spiro atoms. The lowest BCUT2D eigenvalue weighted by molar-refractivity contribution is -0.126. The van der Waals surface area contributed by atoms with E-state index in [2.05, 4.69) is 45.7 Å². The van der Waals surface area contributed by atoms with Gasteiger partial charge in [-0.15, -0.1) is 11.8 Å². The summed E-state index contributed by atoms with van der Waals surface area (Å²) in [6, 6.07) is 22.2. The van der Waals surface area contributed by atoms with Crippen LogP contribution in [-0.2, 0) is 16.8 Å². The van der Waals surface area contributed by atoms with E-state index < -0.39 is 5.41 Å². The standard InChI is InChI=1S/C29H31BrN4O2S/c1-3-37-27(33-31)25(32-21-8-5-4-6-9-21)20-16-23-26(24(30)17-20)34(28(35)29(23)14-7-15-29)18-19-10-12-22(36-2)13-11-19/h4-6,8-13,16-17,32-33H,3,7,14-15,18,31H2,1-2H3/b27-25+. The lowest BCUT2D eigenvalue weighted by Gasteiger charge is -2.37. The Kier molecular flexibility index (Phi) is 7.51. The highest BCUT2D eigenvalue weighted by Crippen LogP contribution is 2.56. The summed E-state index contributed by atoms with van der Waals surface area (Å²) in [4.78, 5) is 15.9. The van der Waals surface area contributed by atoms with Crippen molar-refractivity contribution in [2.24, 2.45) is 5.84 Å². The Labute approximate surface area is 230 Å². The Morgan fingerprint density at radius 1 is 1.14 bits per heavy atom. The van der Waals surface area contributed by atoms with Gasteiger partial charge in [0.05, 0.1) is 30.5 Å². The molecule has 5 rings (SSSR count). The number of rotatable bonds is 9. The second-order valence-corrected chi connectivity index (χ2v) is 11.4. The van der Waals surface area contributed by atoms with E-state index in [-0.39, 0.29) is 5.91 Å². The fourth-order valence-electron chi connectivity index (χ4n) is 5.19. The molecular formula is C29H31BrN4O2S. The molecule has 1 aliphatic carbocycles. The van der Waals surface area contributed by atoms with E-state index in [0.717, 1.165) is 74.0 Å². The zero-order chi connectivity index (χ0) is 26.0. The molecule has 1 heterocycles. The van der Waals surface area contributed by atoms with Crippen molar-refractivity contribution in [1.29, 1.82) is 0 Å². The van der Waals surface area contributed by atoms with Gasteiger partial charge in [-0.3, -0.25) is 4.79 Å². The number of methoxy groups -OCH3 is 1. The molecule has 0 saturated heterocycles. The molecule has 6 nitrogen and oxygen atoms in total. The maximum absolute atomic E-state index is 13.9. The molecule has 1 aliphatic heterocycles. The number of para-hydroxylation sites is 1. The molecule has 1 saturated carbocycles. The maximum atomic E-state index is 13.9. The van der Waals surface area contributed by atoms with E-state index in [4.69, 9.17) is 10.6 Å². The molecule has 0 aromatic heterocycles. The first-order valence-electron chi connectivity index (χ1n) is 12.5. The number of nitrogens with zero attached hydrogens (tertiary/aromatic N) is 1. The van der Waals surface area contributed by atoms with E-state index >= 15 is 0 Å². The van der Waals surface area contributed by atoms with Gasteiger partial charge in [-0.1, -0.05) is 43.7 Å². The number of benzene rings is 3. The van der Waals surface area contributed by atoms with Crippen LogP contribution in [0.15, 0.2) is 76.2 Å². The highest BCUT2D eigenvalue weighted by Gasteiger charge is 2.55. The van der Waals surface area contributed by atoms with Gasteiger partial charge >= 0.3 is 0 Å². The minimum absolute atomic E-state index is 0.184. The van der Waals surface area contributed by atoms with Gasteiger partial charge in [-0.25, -0.2) is 5.84 Å². The Morgan fingerprint density at radius 3 is 2.46 bits per heavy atom. The van der Waals surface area contributed by atoms with Crippen LogP contribution in [0.25, 0.3) is 5.70 Å². The fourth-order valence-corrected chi connectivity index (χ4v) is 6.55. The van der Waals surface area contributed by atoms with Crippen LogP contribution in [0.5, 0.6) is 5.75 Å². The fraction of sp³-hybridized carbons (Fsp3) is 0.276. The van der Waals surface area contributed by atoms with E-state index in [1.54, 1.807) is 18.9 Å². The molecule has 8 heteroatoms. The topological polar surface area (TPSA) is 79.6 Å². The number of carbonyl (C=O) groups is 1. The third-order valence-electron chi connectivity index (χ3n) is 7.19. The summed E-state index contributed by atoms with van der Waals surface area (Å²) < 4.78 is 6.20. The Hall–Kier alpha value is -2.94. The number of nitrogens with two attached hydrogens (primary N) is 1. The van der Waals surface area contributed by atoms with Crippen LogP contribution in [0.4, 0.5) is 11.4 Å². The number of fused-ring (bicyclic) bond motifs is 2. The van der Waals surface area contributed by atoms with Gasteiger partial charge in [0.1, 0.15) is 10.8 Å². The largest absolute Gasteiger partial charge is 0.497 e. The molecule has 0 bridgehead atoms. The quantitative estimate of drug-likeness (QED) is 0.202. The molecule has 0 unspecified atom stereocenters. The first-order valence-corrected chi connectivity index (χ1v) is 14.2. The minimum Gasteiger partial charge on any atom is -0.497 e. The van der Waals surface area contributed by atoms with Crippen molar-refractivity contribution in [2.45, 2.75) is 38.1 Å². The molecule has 3 aromatic carbocycles. The zero-order valence-corrected chi connectivity index (χ0v) is 23.4. The average molecular weight is 580 g/mol. The normalized spacial score (nSPS) is 16.2. The molecule has 2 aliphatic rings.